The van der Waals surface area contributed by atoms with Gasteiger partial charge >= 0.3 is 36.8 Å². The second kappa shape index (κ2) is 3.76. The molecule has 0 amide bonds. The Morgan fingerprint density at radius 2 is 2.25 bits per heavy atom. The van der Waals surface area contributed by atoms with Crippen molar-refractivity contribution in [2.45, 2.75) is 0 Å². The van der Waals surface area contributed by atoms with E-state index in [1.807, 2.05) is 0 Å². The summed E-state index contributed by atoms with van der Waals surface area (Å²) >= 11 is 1.48. The Balaban J connectivity index is 2.73. The topological polar surface area (TPSA) is 17.1 Å². The summed E-state index contributed by atoms with van der Waals surface area (Å²) in [7, 11) is 0. The average Bonchev–Trinajstić information content (AvgIpc) is 1.37. The summed E-state index contributed by atoms with van der Waals surface area (Å²) in [6.45, 7) is 0. The number of carbonyl (C=O) groups is 1. The van der Waals surface area contributed by atoms with Crippen LogP contribution in [-0.2, 0) is 4.79 Å². The Morgan fingerprint density at radius 1 is 2.00 bits per heavy atom. The predicted octanol–water partition coefficient (Wildman–Crippen LogP) is -1.30. The summed E-state index contributed by atoms with van der Waals surface area (Å²) in [5, 5.41) is 1.03. The fourth-order valence-corrected chi connectivity index (χ4v) is 0. The molecule has 0 aliphatic carbocycles. The van der Waals surface area contributed by atoms with Crippen molar-refractivity contribution < 1.29 is 4.79 Å². The molecule has 2 radical (unpaired) electrons. The molecule has 4 heavy (non-hydrogen) atoms. The van der Waals surface area contributed by atoms with Gasteiger partial charge in [0.15, 0.2) is 0 Å². The second-order valence-corrected chi connectivity index (χ2v) is 5.11. The maximum absolute atomic E-state index is 9.24. The minimum absolute atomic E-state index is 0.104. The van der Waals surface area contributed by atoms with E-state index in [0.29, 0.717) is 0 Å². The van der Waals surface area contributed by atoms with Gasteiger partial charge < -0.3 is 0 Å². The molecule has 0 N–H and O–H groups in total. The van der Waals surface area contributed by atoms with Crippen molar-refractivity contribution in [2.75, 3.05) is 0 Å². The van der Waals surface area contributed by atoms with Gasteiger partial charge in [0.25, 0.3) is 0 Å². The molecule has 20 valence electrons. The molecule has 0 aromatic rings. The summed E-state index contributed by atoms with van der Waals surface area (Å²) < 4.78 is 0. The van der Waals surface area contributed by atoms with Crippen molar-refractivity contribution in [3.8, 4) is 0 Å². The summed E-state index contributed by atoms with van der Waals surface area (Å²) in [5.41, 5.74) is 0. The summed E-state index contributed by atoms with van der Waals surface area (Å²) in [6, 6.07) is 0. The average molecular weight is 175 g/mol. The number of hydrogen-bond donors (Lipinski definition) is 0. The van der Waals surface area contributed by atoms with E-state index < -0.39 is 0 Å². The van der Waals surface area contributed by atoms with Crippen molar-refractivity contribution >= 4 is 32.0 Å². The normalized spacial score (nSPS) is 5.00. The van der Waals surface area contributed by atoms with Crippen LogP contribution in [0, 0.1) is 0 Å². The van der Waals surface area contributed by atoms with Gasteiger partial charge in [-0.3, -0.25) is 0 Å². The zero-order valence-electron chi connectivity index (χ0n) is 2.06. The van der Waals surface area contributed by atoms with Crippen molar-refractivity contribution in [2.24, 2.45) is 0 Å². The molecule has 0 rings (SSSR count). The van der Waals surface area contributed by atoms with Gasteiger partial charge in [0.2, 0.25) is 0 Å². The molecule has 0 spiro atoms. The van der Waals surface area contributed by atoms with Crippen LogP contribution in [0.15, 0.2) is 0 Å². The van der Waals surface area contributed by atoms with Gasteiger partial charge in [-0.15, -0.1) is 0 Å². The summed E-state index contributed by atoms with van der Waals surface area (Å²) in [5.74, 6) is 0. The van der Waals surface area contributed by atoms with E-state index in [1.54, 1.807) is 14.0 Å². The molecule has 0 aliphatic heterocycles. The monoisotopic (exact) mass is 178 g/mol. The SMILES string of the molecule is O=[CH][Ge]=[GeH]. The van der Waals surface area contributed by atoms with Gasteiger partial charge in [0.1, 0.15) is 0 Å². The van der Waals surface area contributed by atoms with Crippen LogP contribution >= 0.6 is 0 Å². The first kappa shape index (κ1) is 4.76. The third kappa shape index (κ3) is 2.76. The van der Waals surface area contributed by atoms with Crippen LogP contribution in [0.2, 0.25) is 0 Å². The summed E-state index contributed by atoms with van der Waals surface area (Å²) in [6.07, 6.45) is 0. The van der Waals surface area contributed by atoms with Crippen molar-refractivity contribution in [3.63, 3.8) is 0 Å². The van der Waals surface area contributed by atoms with E-state index in [0.717, 1.165) is 5.12 Å². The zero-order chi connectivity index (χ0) is 3.41. The van der Waals surface area contributed by atoms with E-state index >= 15 is 0 Å². The molecule has 1 nitrogen and oxygen atoms in total. The van der Waals surface area contributed by atoms with Gasteiger partial charge in [0.05, 0.1) is 0 Å². The molecule has 0 aromatic heterocycles. The van der Waals surface area contributed by atoms with Crippen LogP contribution in [0.25, 0.3) is 0 Å². The van der Waals surface area contributed by atoms with Crippen LogP contribution in [0.1, 0.15) is 0 Å². The van der Waals surface area contributed by atoms with E-state index in [9.17, 15) is 4.79 Å². The molecule has 0 fully saturated rings. The Labute approximate surface area is 37.2 Å². The summed E-state index contributed by atoms with van der Waals surface area (Å²) in [4.78, 5) is 9.24. The maximum atomic E-state index is 9.24. The number of carbonyl (C=O) groups excluding carboxylic acids is 1. The third-order valence-corrected chi connectivity index (χ3v) is 1.84. The van der Waals surface area contributed by atoms with Crippen LogP contribution in [0.5, 0.6) is 0 Å². The Morgan fingerprint density at radius 3 is 2.25 bits per heavy atom. The number of hydrogen-bond acceptors (Lipinski definition) is 1. The Bertz CT molecular complexity index is 27.0. The van der Waals surface area contributed by atoms with Crippen molar-refractivity contribution in [1.29, 1.82) is 0 Å². The van der Waals surface area contributed by atoms with Crippen LogP contribution in [-0.4, -0.2) is 32.0 Å². The van der Waals surface area contributed by atoms with Gasteiger partial charge in [0, 0.05) is 0 Å². The van der Waals surface area contributed by atoms with E-state index in [4.69, 9.17) is 0 Å². The fourth-order valence-electron chi connectivity index (χ4n) is 0. The molecule has 0 aliphatic rings. The van der Waals surface area contributed by atoms with Gasteiger partial charge in [-0.2, -0.15) is 0 Å². The van der Waals surface area contributed by atoms with E-state index in [1.165, 1.54) is 0 Å². The van der Waals surface area contributed by atoms with Gasteiger partial charge in [-0.1, -0.05) is 0 Å². The standard InChI is InChI=1S/CH2Ge2O/c2-3-1-4/h1-2H. The molecule has 0 unspecified atom stereocenters. The molecule has 0 heterocycles. The Hall–Kier alpha value is 0.756. The van der Waals surface area contributed by atoms with Crippen LogP contribution in [0.4, 0.5) is 0 Å². The molecular formula is CH2Ge2O. The second-order valence-electron chi connectivity index (χ2n) is 0.285. The fraction of sp³-hybridized carbons (Fsp3) is 0. The number of rotatable bonds is 1. The third-order valence-electron chi connectivity index (χ3n) is 0.0680. The molecule has 0 atom stereocenters. The van der Waals surface area contributed by atoms with E-state index in [-0.39, 0.29) is 12.9 Å². The predicted molar refractivity (Wildman–Crippen MR) is 19.7 cm³/mol. The first-order chi connectivity index (χ1) is 1.91. The zero-order valence-corrected chi connectivity index (χ0v) is 6.58. The molecule has 0 saturated carbocycles. The van der Waals surface area contributed by atoms with Gasteiger partial charge in [-0.05, 0) is 0 Å². The Kier molecular flexibility index (Phi) is 4.47. The molecule has 0 saturated heterocycles. The van der Waals surface area contributed by atoms with Crippen LogP contribution < -0.4 is 0 Å². The molecule has 0 aromatic carbocycles. The molecular weight excluding hydrogens is 173 g/mol. The molecule has 3 heteroatoms. The van der Waals surface area contributed by atoms with Crippen molar-refractivity contribution in [1.82, 2.24) is 0 Å². The first-order valence-corrected chi connectivity index (χ1v) is 9.53. The van der Waals surface area contributed by atoms with E-state index in [2.05, 4.69) is 0 Å². The quantitative estimate of drug-likeness (QED) is 0.357. The van der Waals surface area contributed by atoms with Gasteiger partial charge in [-0.25, -0.2) is 0 Å². The first-order valence-electron chi connectivity index (χ1n) is 0.813. The van der Waals surface area contributed by atoms with Crippen molar-refractivity contribution in [3.05, 3.63) is 0 Å². The minimum atomic E-state index is -0.104. The molecule has 0 bridgehead atoms. The van der Waals surface area contributed by atoms with Crippen LogP contribution in [0.3, 0.4) is 0 Å².